The normalized spacial score (nSPS) is 14.3. The first-order valence-corrected chi connectivity index (χ1v) is 14.5. The van der Waals surface area contributed by atoms with Gasteiger partial charge < -0.3 is 25.2 Å². The molecular formula is C19H16O12S5. The Balaban J connectivity index is 2.08. The molecule has 0 atom stereocenters. The van der Waals surface area contributed by atoms with E-state index in [1.54, 1.807) is 6.92 Å². The molecule has 1 aromatic rings. The second kappa shape index (κ2) is 11.0. The average Bonchev–Trinajstić information content (AvgIpc) is 3.33. The van der Waals surface area contributed by atoms with Crippen molar-refractivity contribution in [2.24, 2.45) is 0 Å². The number of unbranched alkanes of at least 4 members (excludes halogenated alkanes) is 1. The van der Waals surface area contributed by atoms with Crippen molar-refractivity contribution in [1.82, 2.24) is 0 Å². The maximum Gasteiger partial charge on any atom is 0.344 e. The number of thioether (sulfide) groups is 4. The standard InChI is InChI=1S/C19H16O12S5/c1-6-10-12(34-18(32-10)7(14(20)21)15(22)23)9(31-4-2-3-5-36(28,29)30)13-11(6)33-19(35-13)8(16(24)25)17(26)27/h2-5H2,1H3,(H,20,21)(H,22,23)(H,24,25)(H,26,27)(H,28,29,30). The summed E-state index contributed by atoms with van der Waals surface area (Å²) in [5, 5.41) is 37.5. The van der Waals surface area contributed by atoms with Crippen LogP contribution in [0.3, 0.4) is 0 Å². The molecule has 1 aromatic carbocycles. The van der Waals surface area contributed by atoms with Crippen LogP contribution >= 0.6 is 47.0 Å². The molecule has 5 N–H and O–H groups in total. The first-order chi connectivity index (χ1) is 16.7. The molecule has 0 spiro atoms. The van der Waals surface area contributed by atoms with Gasteiger partial charge in [0.1, 0.15) is 5.75 Å². The zero-order valence-electron chi connectivity index (χ0n) is 18.0. The van der Waals surface area contributed by atoms with E-state index in [-0.39, 0.29) is 33.7 Å². The number of carboxylic acids is 4. The number of hydrogen-bond donors (Lipinski definition) is 5. The summed E-state index contributed by atoms with van der Waals surface area (Å²) in [6.07, 6.45) is 0.267. The molecule has 2 aliphatic heterocycles. The van der Waals surface area contributed by atoms with E-state index in [1.165, 1.54) is 0 Å². The minimum absolute atomic E-state index is 0.0180. The molecule has 194 valence electrons. The Kier molecular flexibility index (Phi) is 8.62. The molecule has 0 aliphatic carbocycles. The van der Waals surface area contributed by atoms with Crippen molar-refractivity contribution in [3.05, 3.63) is 25.2 Å². The van der Waals surface area contributed by atoms with Gasteiger partial charge in [0.05, 0.1) is 30.6 Å². The fourth-order valence-corrected chi connectivity index (χ4v) is 9.28. The highest BCUT2D eigenvalue weighted by atomic mass is 32.2. The molecule has 0 aromatic heterocycles. The Morgan fingerprint density at radius 2 is 1.11 bits per heavy atom. The molecule has 0 amide bonds. The molecule has 3 rings (SSSR count). The molecule has 12 nitrogen and oxygen atoms in total. The largest absolute Gasteiger partial charge is 0.491 e. The maximum atomic E-state index is 11.5. The van der Waals surface area contributed by atoms with Gasteiger partial charge in [-0.1, -0.05) is 47.0 Å². The third-order valence-electron chi connectivity index (χ3n) is 4.59. The highest BCUT2D eigenvalue weighted by molar-refractivity contribution is 8.26. The number of carbonyl (C=O) groups is 4. The molecule has 0 radical (unpaired) electrons. The molecular weight excluding hydrogens is 581 g/mol. The number of rotatable bonds is 10. The molecule has 0 unspecified atom stereocenters. The van der Waals surface area contributed by atoms with Crippen LogP contribution in [0.15, 0.2) is 39.2 Å². The number of ether oxygens (including phenoxy) is 1. The predicted octanol–water partition coefficient (Wildman–Crippen LogP) is 3.20. The van der Waals surface area contributed by atoms with Gasteiger partial charge in [0, 0.05) is 9.79 Å². The van der Waals surface area contributed by atoms with Crippen molar-refractivity contribution in [2.75, 3.05) is 12.4 Å². The highest BCUT2D eigenvalue weighted by Crippen LogP contribution is 2.65. The Morgan fingerprint density at radius 3 is 1.47 bits per heavy atom. The number of benzene rings is 1. The average molecular weight is 597 g/mol. The van der Waals surface area contributed by atoms with Crippen molar-refractivity contribution in [3.63, 3.8) is 0 Å². The van der Waals surface area contributed by atoms with Crippen LogP contribution in [0.2, 0.25) is 0 Å². The molecule has 2 aliphatic rings. The molecule has 0 saturated heterocycles. The van der Waals surface area contributed by atoms with E-state index in [2.05, 4.69) is 0 Å². The van der Waals surface area contributed by atoms with E-state index in [4.69, 9.17) is 9.29 Å². The van der Waals surface area contributed by atoms with Gasteiger partial charge in [-0.2, -0.15) is 8.42 Å². The fourth-order valence-electron chi connectivity index (χ4n) is 3.02. The minimum Gasteiger partial charge on any atom is -0.491 e. The topological polar surface area (TPSA) is 213 Å². The monoisotopic (exact) mass is 596 g/mol. The molecule has 36 heavy (non-hydrogen) atoms. The van der Waals surface area contributed by atoms with Gasteiger partial charge in [0.15, 0.2) is 11.1 Å². The summed E-state index contributed by atoms with van der Waals surface area (Å²) in [6.45, 7) is 1.62. The Labute approximate surface area is 220 Å². The molecule has 2 heterocycles. The first-order valence-electron chi connectivity index (χ1n) is 9.64. The zero-order chi connectivity index (χ0) is 26.9. The van der Waals surface area contributed by atoms with Crippen LogP contribution in [0.1, 0.15) is 18.4 Å². The van der Waals surface area contributed by atoms with Gasteiger partial charge in [0.25, 0.3) is 10.1 Å². The molecule has 17 heteroatoms. The van der Waals surface area contributed by atoms with Gasteiger partial charge in [-0.3, -0.25) is 4.55 Å². The van der Waals surface area contributed by atoms with Crippen LogP contribution in [-0.4, -0.2) is 69.6 Å². The van der Waals surface area contributed by atoms with Gasteiger partial charge in [-0.15, -0.1) is 0 Å². The van der Waals surface area contributed by atoms with E-state index in [9.17, 15) is 48.0 Å². The lowest BCUT2D eigenvalue weighted by Gasteiger charge is -2.15. The summed E-state index contributed by atoms with van der Waals surface area (Å²) < 4.78 is 36.6. The lowest BCUT2D eigenvalue weighted by atomic mass is 10.2. The lowest BCUT2D eigenvalue weighted by molar-refractivity contribution is -0.142. The van der Waals surface area contributed by atoms with E-state index in [0.29, 0.717) is 25.1 Å². The number of carboxylic acid groups (broad SMARTS) is 4. The number of aliphatic carboxylic acids is 4. The van der Waals surface area contributed by atoms with Gasteiger partial charge in [-0.25, -0.2) is 19.2 Å². The third kappa shape index (κ3) is 5.97. The van der Waals surface area contributed by atoms with Crippen molar-refractivity contribution in [2.45, 2.75) is 39.3 Å². The summed E-state index contributed by atoms with van der Waals surface area (Å²) in [6, 6.07) is 0. The number of hydrogen-bond acceptors (Lipinski definition) is 11. The second-order valence-corrected chi connectivity index (χ2v) is 13.2. The quantitative estimate of drug-likeness (QED) is 0.0862. The van der Waals surface area contributed by atoms with Crippen LogP contribution in [-0.2, 0) is 29.3 Å². The lowest BCUT2D eigenvalue weighted by Crippen LogP contribution is -2.12. The smallest absolute Gasteiger partial charge is 0.344 e. The van der Waals surface area contributed by atoms with Crippen LogP contribution in [0, 0.1) is 6.92 Å². The van der Waals surface area contributed by atoms with Crippen molar-refractivity contribution >= 4 is 81.0 Å². The van der Waals surface area contributed by atoms with Crippen molar-refractivity contribution in [3.8, 4) is 5.75 Å². The van der Waals surface area contributed by atoms with Gasteiger partial charge in [0.2, 0.25) is 0 Å². The number of fused-ring (bicyclic) bond motifs is 2. The minimum atomic E-state index is -4.17. The Bertz CT molecular complexity index is 1250. The van der Waals surface area contributed by atoms with Crippen LogP contribution in [0.25, 0.3) is 0 Å². The van der Waals surface area contributed by atoms with Gasteiger partial charge >= 0.3 is 23.9 Å². The third-order valence-corrected chi connectivity index (χ3v) is 10.8. The zero-order valence-corrected chi connectivity index (χ0v) is 22.0. The van der Waals surface area contributed by atoms with Crippen LogP contribution < -0.4 is 4.74 Å². The summed E-state index contributed by atoms with van der Waals surface area (Å²) in [5.74, 6) is -6.86. The van der Waals surface area contributed by atoms with Gasteiger partial charge in [-0.05, 0) is 25.3 Å². The molecule has 0 bridgehead atoms. The fraction of sp³-hybridized carbons (Fsp3) is 0.263. The predicted molar refractivity (Wildman–Crippen MR) is 130 cm³/mol. The Hall–Kier alpha value is -2.31. The summed E-state index contributed by atoms with van der Waals surface area (Å²) in [7, 11) is -4.17. The summed E-state index contributed by atoms with van der Waals surface area (Å²) in [4.78, 5) is 47.8. The van der Waals surface area contributed by atoms with Crippen LogP contribution in [0.5, 0.6) is 5.75 Å². The van der Waals surface area contributed by atoms with Crippen molar-refractivity contribution < 1.29 is 57.3 Å². The van der Waals surface area contributed by atoms with E-state index >= 15 is 0 Å². The first kappa shape index (κ1) is 28.3. The Morgan fingerprint density at radius 1 is 0.722 bits per heavy atom. The molecule has 0 saturated carbocycles. The summed E-state index contributed by atoms with van der Waals surface area (Å²) in [5.41, 5.74) is -1.11. The van der Waals surface area contributed by atoms with E-state index in [1.807, 2.05) is 0 Å². The summed E-state index contributed by atoms with van der Waals surface area (Å²) >= 11 is 3.48. The highest BCUT2D eigenvalue weighted by Gasteiger charge is 2.39. The SMILES string of the molecule is Cc1c2c(c(OCCCCS(=O)(=O)O)c3c1SC(=C(C(=O)O)C(=O)O)S3)SC(=C(C(=O)O)C(=O)O)S2. The maximum absolute atomic E-state index is 11.5. The van der Waals surface area contributed by atoms with E-state index < -0.39 is 50.9 Å². The second-order valence-electron chi connectivity index (χ2n) is 7.07. The van der Waals surface area contributed by atoms with Crippen molar-refractivity contribution in [1.29, 1.82) is 0 Å². The van der Waals surface area contributed by atoms with Crippen LogP contribution in [0.4, 0.5) is 0 Å². The van der Waals surface area contributed by atoms with E-state index in [0.717, 1.165) is 47.0 Å². The molecule has 0 fully saturated rings.